The van der Waals surface area contributed by atoms with Crippen molar-refractivity contribution in [1.29, 1.82) is 0 Å². The second-order valence-electron chi connectivity index (χ2n) is 4.59. The maximum Gasteiger partial charge on any atom is 0.133 e. The molecule has 0 spiro atoms. The van der Waals surface area contributed by atoms with Crippen LogP contribution in [0, 0.1) is 3.57 Å². The van der Waals surface area contributed by atoms with E-state index < -0.39 is 0 Å². The number of anilines is 1. The van der Waals surface area contributed by atoms with Gasteiger partial charge < -0.3 is 5.32 Å². The molecule has 0 bridgehead atoms. The van der Waals surface area contributed by atoms with Crippen LogP contribution in [0.2, 0.25) is 0 Å². The van der Waals surface area contributed by atoms with Crippen LogP contribution in [0.25, 0.3) is 5.69 Å². The molecule has 3 nitrogen and oxygen atoms in total. The Bertz CT molecular complexity index is 557. The summed E-state index contributed by atoms with van der Waals surface area (Å²) in [4.78, 5) is 0. The molecular formula is C14H16IN3. The van der Waals surface area contributed by atoms with Gasteiger partial charge in [-0.05, 0) is 59.7 Å². The second kappa shape index (κ2) is 4.91. The topological polar surface area (TPSA) is 29.9 Å². The summed E-state index contributed by atoms with van der Waals surface area (Å²) in [5, 5.41) is 8.23. The first-order chi connectivity index (χ1) is 8.79. The van der Waals surface area contributed by atoms with E-state index in [1.54, 1.807) is 0 Å². The van der Waals surface area contributed by atoms with Gasteiger partial charge in [-0.2, -0.15) is 5.10 Å². The van der Waals surface area contributed by atoms with Crippen molar-refractivity contribution in [3.63, 3.8) is 0 Å². The van der Waals surface area contributed by atoms with Gasteiger partial charge in [-0.25, -0.2) is 4.68 Å². The summed E-state index contributed by atoms with van der Waals surface area (Å²) < 4.78 is 3.31. The first-order valence-corrected chi connectivity index (χ1v) is 7.48. The fraction of sp³-hybridized carbons (Fsp3) is 0.357. The Kier molecular flexibility index (Phi) is 3.28. The number of halogens is 1. The van der Waals surface area contributed by atoms with Crippen molar-refractivity contribution in [2.24, 2.45) is 0 Å². The number of hydrogen-bond donors (Lipinski definition) is 1. The van der Waals surface area contributed by atoms with Crippen LogP contribution in [0.5, 0.6) is 0 Å². The van der Waals surface area contributed by atoms with E-state index >= 15 is 0 Å². The van der Waals surface area contributed by atoms with E-state index in [0.29, 0.717) is 0 Å². The molecule has 94 valence electrons. The lowest BCUT2D eigenvalue weighted by molar-refractivity contribution is 0.796. The van der Waals surface area contributed by atoms with Gasteiger partial charge in [-0.15, -0.1) is 0 Å². The van der Waals surface area contributed by atoms with Crippen LogP contribution in [0.4, 0.5) is 5.82 Å². The molecule has 1 aliphatic rings. The molecule has 1 aromatic carbocycles. The van der Waals surface area contributed by atoms with Gasteiger partial charge in [-0.1, -0.05) is 13.3 Å². The lowest BCUT2D eigenvalue weighted by Crippen LogP contribution is -2.04. The van der Waals surface area contributed by atoms with Crippen molar-refractivity contribution in [3.05, 3.63) is 39.1 Å². The summed E-state index contributed by atoms with van der Waals surface area (Å²) in [6, 6.07) is 8.51. The summed E-state index contributed by atoms with van der Waals surface area (Å²) in [5.41, 5.74) is 3.81. The molecule has 1 aromatic heterocycles. The average Bonchev–Trinajstić information content (AvgIpc) is 2.95. The van der Waals surface area contributed by atoms with Crippen LogP contribution < -0.4 is 5.32 Å². The molecule has 3 rings (SSSR count). The molecule has 0 fully saturated rings. The van der Waals surface area contributed by atoms with E-state index in [9.17, 15) is 0 Å². The molecule has 0 saturated carbocycles. The highest BCUT2D eigenvalue weighted by atomic mass is 127. The first-order valence-electron chi connectivity index (χ1n) is 6.40. The summed E-state index contributed by atoms with van der Waals surface area (Å²) >= 11 is 2.33. The van der Waals surface area contributed by atoms with Crippen LogP contribution >= 0.6 is 22.6 Å². The highest BCUT2D eigenvalue weighted by Crippen LogP contribution is 2.29. The minimum absolute atomic E-state index is 1.04. The molecule has 0 amide bonds. The SMILES string of the molecule is CCCc1nn(-c2ccc(I)cc2)c2c1CCN2. The van der Waals surface area contributed by atoms with Gasteiger partial charge in [0.15, 0.2) is 0 Å². The van der Waals surface area contributed by atoms with Crippen LogP contribution in [-0.4, -0.2) is 16.3 Å². The number of nitrogens with zero attached hydrogens (tertiary/aromatic N) is 2. The Hall–Kier alpha value is -1.04. The average molecular weight is 353 g/mol. The van der Waals surface area contributed by atoms with Gasteiger partial charge in [0.25, 0.3) is 0 Å². The zero-order chi connectivity index (χ0) is 12.5. The third kappa shape index (κ3) is 2.02. The zero-order valence-electron chi connectivity index (χ0n) is 10.4. The van der Waals surface area contributed by atoms with Crippen molar-refractivity contribution < 1.29 is 0 Å². The van der Waals surface area contributed by atoms with Crippen LogP contribution in [0.3, 0.4) is 0 Å². The molecule has 18 heavy (non-hydrogen) atoms. The molecule has 0 saturated heterocycles. The maximum absolute atomic E-state index is 4.77. The Morgan fingerprint density at radius 2 is 2.11 bits per heavy atom. The highest BCUT2D eigenvalue weighted by molar-refractivity contribution is 14.1. The molecular weight excluding hydrogens is 337 g/mol. The van der Waals surface area contributed by atoms with Crippen molar-refractivity contribution in [2.75, 3.05) is 11.9 Å². The molecule has 0 radical (unpaired) electrons. The van der Waals surface area contributed by atoms with E-state index in [1.165, 1.54) is 20.6 Å². The van der Waals surface area contributed by atoms with Crippen molar-refractivity contribution in [2.45, 2.75) is 26.2 Å². The van der Waals surface area contributed by atoms with Gasteiger partial charge in [-0.3, -0.25) is 0 Å². The van der Waals surface area contributed by atoms with E-state index in [1.807, 2.05) is 0 Å². The number of fused-ring (bicyclic) bond motifs is 1. The van der Waals surface area contributed by atoms with E-state index in [4.69, 9.17) is 5.10 Å². The number of aryl methyl sites for hydroxylation is 1. The quantitative estimate of drug-likeness (QED) is 0.858. The smallest absolute Gasteiger partial charge is 0.133 e. The van der Waals surface area contributed by atoms with E-state index in [0.717, 1.165) is 31.5 Å². The Morgan fingerprint density at radius 1 is 1.33 bits per heavy atom. The Labute approximate surface area is 121 Å². The highest BCUT2D eigenvalue weighted by Gasteiger charge is 2.22. The van der Waals surface area contributed by atoms with E-state index in [-0.39, 0.29) is 0 Å². The lowest BCUT2D eigenvalue weighted by Gasteiger charge is -2.06. The Balaban J connectivity index is 2.07. The van der Waals surface area contributed by atoms with Crippen LogP contribution in [0.15, 0.2) is 24.3 Å². The molecule has 0 atom stereocenters. The van der Waals surface area contributed by atoms with Gasteiger partial charge in [0.1, 0.15) is 5.82 Å². The summed E-state index contributed by atoms with van der Waals surface area (Å²) in [7, 11) is 0. The van der Waals surface area contributed by atoms with Crippen molar-refractivity contribution in [3.8, 4) is 5.69 Å². The molecule has 2 aromatic rings. The molecule has 0 unspecified atom stereocenters. The van der Waals surface area contributed by atoms with Gasteiger partial charge in [0, 0.05) is 15.7 Å². The number of rotatable bonds is 3. The second-order valence-corrected chi connectivity index (χ2v) is 5.83. The maximum atomic E-state index is 4.77. The van der Waals surface area contributed by atoms with Gasteiger partial charge in [0.2, 0.25) is 0 Å². The minimum atomic E-state index is 1.04. The van der Waals surface area contributed by atoms with Gasteiger partial charge in [0.05, 0.1) is 11.4 Å². The lowest BCUT2D eigenvalue weighted by atomic mass is 10.1. The predicted octanol–water partition coefficient (Wildman–Crippen LogP) is 3.40. The third-order valence-electron chi connectivity index (χ3n) is 3.29. The molecule has 1 N–H and O–H groups in total. The summed E-state index contributed by atoms with van der Waals surface area (Å²) in [6.45, 7) is 3.24. The number of aromatic nitrogens is 2. The number of benzene rings is 1. The zero-order valence-corrected chi connectivity index (χ0v) is 12.6. The number of nitrogens with one attached hydrogen (secondary N) is 1. The fourth-order valence-electron chi connectivity index (χ4n) is 2.45. The minimum Gasteiger partial charge on any atom is -0.369 e. The van der Waals surface area contributed by atoms with E-state index in [2.05, 4.69) is 63.8 Å². The normalized spacial score (nSPS) is 13.4. The van der Waals surface area contributed by atoms with Crippen molar-refractivity contribution >= 4 is 28.4 Å². The number of hydrogen-bond acceptors (Lipinski definition) is 2. The van der Waals surface area contributed by atoms with Crippen LogP contribution in [0.1, 0.15) is 24.6 Å². The standard InChI is InChI=1S/C14H16IN3/c1-2-3-13-12-8-9-16-14(12)18(17-13)11-6-4-10(15)5-7-11/h4-7,16H,2-3,8-9H2,1H3. The summed E-state index contributed by atoms with van der Waals surface area (Å²) in [5.74, 6) is 1.19. The van der Waals surface area contributed by atoms with Crippen molar-refractivity contribution in [1.82, 2.24) is 9.78 Å². The van der Waals surface area contributed by atoms with Gasteiger partial charge >= 0.3 is 0 Å². The monoisotopic (exact) mass is 353 g/mol. The predicted molar refractivity (Wildman–Crippen MR) is 82.5 cm³/mol. The summed E-state index contributed by atoms with van der Waals surface area (Å²) in [6.07, 6.45) is 3.33. The fourth-order valence-corrected chi connectivity index (χ4v) is 2.81. The molecule has 0 aliphatic carbocycles. The first kappa shape index (κ1) is 12.0. The largest absolute Gasteiger partial charge is 0.369 e. The Morgan fingerprint density at radius 3 is 2.83 bits per heavy atom. The molecule has 2 heterocycles. The molecule has 4 heteroatoms. The molecule has 1 aliphatic heterocycles. The third-order valence-corrected chi connectivity index (χ3v) is 4.01. The van der Waals surface area contributed by atoms with Crippen LogP contribution in [-0.2, 0) is 12.8 Å².